The Bertz CT molecular complexity index is 1030. The monoisotopic (exact) mass is 439 g/mol. The fraction of sp³-hybridized carbons (Fsp3) is 0.409. The Morgan fingerprint density at radius 2 is 2.17 bits per heavy atom. The van der Waals surface area contributed by atoms with Crippen molar-refractivity contribution in [3.63, 3.8) is 0 Å². The zero-order valence-electron chi connectivity index (χ0n) is 17.1. The maximum absolute atomic E-state index is 5.95. The van der Waals surface area contributed by atoms with Crippen LogP contribution in [0, 0.1) is 13.8 Å². The van der Waals surface area contributed by atoms with Crippen LogP contribution in [-0.4, -0.2) is 43.8 Å². The molecule has 0 bridgehead atoms. The minimum atomic E-state index is -0.00894. The fourth-order valence-electron chi connectivity index (χ4n) is 4.66. The molecule has 0 spiro atoms. The van der Waals surface area contributed by atoms with Crippen LogP contribution >= 0.6 is 23.6 Å². The third kappa shape index (κ3) is 3.42. The molecule has 0 saturated carbocycles. The van der Waals surface area contributed by atoms with Crippen LogP contribution in [0.1, 0.15) is 47.6 Å². The van der Waals surface area contributed by atoms with E-state index in [0.29, 0.717) is 0 Å². The number of ether oxygens (including phenoxy) is 1. The second-order valence-electron chi connectivity index (χ2n) is 7.89. The highest BCUT2D eigenvalue weighted by Gasteiger charge is 2.42. The molecule has 0 unspecified atom stereocenters. The summed E-state index contributed by atoms with van der Waals surface area (Å²) in [6.45, 7) is 5.94. The first-order valence-electron chi connectivity index (χ1n) is 10.3. The third-order valence-corrected chi connectivity index (χ3v) is 7.13. The van der Waals surface area contributed by atoms with E-state index in [1.165, 1.54) is 17.0 Å². The van der Waals surface area contributed by atoms with Crippen LogP contribution in [0.15, 0.2) is 42.0 Å². The number of thiazole rings is 1. The largest absolute Gasteiger partial charge is 0.376 e. The molecule has 3 atom stereocenters. The van der Waals surface area contributed by atoms with E-state index in [1.807, 2.05) is 29.9 Å². The van der Waals surface area contributed by atoms with Gasteiger partial charge in [0, 0.05) is 42.3 Å². The molecule has 2 aliphatic rings. The number of aromatic nitrogens is 3. The molecule has 0 radical (unpaired) electrons. The quantitative estimate of drug-likeness (QED) is 0.604. The van der Waals surface area contributed by atoms with Crippen molar-refractivity contribution in [3.05, 3.63) is 64.7 Å². The van der Waals surface area contributed by atoms with Crippen molar-refractivity contribution >= 4 is 28.7 Å². The average molecular weight is 440 g/mol. The van der Waals surface area contributed by atoms with Gasteiger partial charge in [0.1, 0.15) is 0 Å². The SMILES string of the molecule is Cc1cc([C@@H]2[C@@H](c3ccccn3)NC(=S)N2C[C@H]2CCCO2)c(C)n1-c1nccs1. The van der Waals surface area contributed by atoms with Crippen LogP contribution in [-0.2, 0) is 4.74 Å². The molecular formula is C22H25N5OS2. The third-order valence-electron chi connectivity index (χ3n) is 6.02. The molecule has 30 heavy (non-hydrogen) atoms. The average Bonchev–Trinajstić information content (AvgIpc) is 3.53. The van der Waals surface area contributed by atoms with Gasteiger partial charge in [-0.25, -0.2) is 4.98 Å². The lowest BCUT2D eigenvalue weighted by Gasteiger charge is -2.30. The van der Waals surface area contributed by atoms with Crippen LogP contribution in [0.3, 0.4) is 0 Å². The molecular weight excluding hydrogens is 414 g/mol. The highest BCUT2D eigenvalue weighted by Crippen LogP contribution is 2.42. The number of hydrogen-bond acceptors (Lipinski definition) is 5. The van der Waals surface area contributed by atoms with Gasteiger partial charge in [0.15, 0.2) is 10.2 Å². The van der Waals surface area contributed by atoms with E-state index in [4.69, 9.17) is 17.0 Å². The Morgan fingerprint density at radius 3 is 2.87 bits per heavy atom. The maximum Gasteiger partial charge on any atom is 0.193 e. The maximum atomic E-state index is 5.95. The minimum absolute atomic E-state index is 0.00894. The van der Waals surface area contributed by atoms with Gasteiger partial charge in [-0.15, -0.1) is 11.3 Å². The number of pyridine rings is 1. The number of aryl methyl sites for hydroxylation is 1. The Kier molecular flexibility index (Phi) is 5.30. The first kappa shape index (κ1) is 19.7. The lowest BCUT2D eigenvalue weighted by Crippen LogP contribution is -2.36. The van der Waals surface area contributed by atoms with E-state index in [2.05, 4.69) is 50.7 Å². The summed E-state index contributed by atoms with van der Waals surface area (Å²) in [4.78, 5) is 11.5. The van der Waals surface area contributed by atoms with E-state index in [0.717, 1.165) is 41.9 Å². The molecule has 2 aliphatic heterocycles. The summed E-state index contributed by atoms with van der Waals surface area (Å²) < 4.78 is 8.19. The minimum Gasteiger partial charge on any atom is -0.376 e. The molecule has 0 aromatic carbocycles. The van der Waals surface area contributed by atoms with Gasteiger partial charge in [0.25, 0.3) is 0 Å². The standard InChI is InChI=1S/C22H25N5OS2/c1-14-12-17(15(2)27(14)22-24-9-11-30-22)20-19(18-7-3-4-8-23-18)25-21(29)26(20)13-16-6-5-10-28-16/h3-4,7-9,11-12,16,19-20H,5-6,10,13H2,1-2H3,(H,25,29)/t16-,19-,20-/m1/s1. The molecule has 156 valence electrons. The van der Waals surface area contributed by atoms with E-state index in [9.17, 15) is 0 Å². The van der Waals surface area contributed by atoms with Gasteiger partial charge in [-0.2, -0.15) is 0 Å². The first-order valence-corrected chi connectivity index (χ1v) is 11.6. The summed E-state index contributed by atoms with van der Waals surface area (Å²) in [5.74, 6) is 0. The molecule has 0 aliphatic carbocycles. The van der Waals surface area contributed by atoms with Gasteiger partial charge in [-0.3, -0.25) is 9.55 Å². The number of nitrogens with one attached hydrogen (secondary N) is 1. The smallest absolute Gasteiger partial charge is 0.193 e. The second-order valence-corrected chi connectivity index (χ2v) is 9.15. The summed E-state index contributed by atoms with van der Waals surface area (Å²) in [5.41, 5.74) is 4.62. The highest BCUT2D eigenvalue weighted by molar-refractivity contribution is 7.80. The second kappa shape index (κ2) is 8.09. The summed E-state index contributed by atoms with van der Waals surface area (Å²) in [5, 5.41) is 7.32. The van der Waals surface area contributed by atoms with Gasteiger partial charge in [-0.1, -0.05) is 6.07 Å². The van der Waals surface area contributed by atoms with Crippen molar-refractivity contribution < 1.29 is 4.74 Å². The Balaban J connectivity index is 1.58. The Labute approximate surface area is 185 Å². The van der Waals surface area contributed by atoms with Crippen LogP contribution in [0.2, 0.25) is 0 Å². The molecule has 2 fully saturated rings. The Morgan fingerprint density at radius 1 is 1.27 bits per heavy atom. The number of nitrogens with zero attached hydrogens (tertiary/aromatic N) is 4. The summed E-state index contributed by atoms with van der Waals surface area (Å²) in [6, 6.07) is 8.37. The van der Waals surface area contributed by atoms with E-state index >= 15 is 0 Å². The van der Waals surface area contributed by atoms with Gasteiger partial charge >= 0.3 is 0 Å². The van der Waals surface area contributed by atoms with Gasteiger partial charge in [0.05, 0.1) is 23.9 Å². The lowest BCUT2D eigenvalue weighted by molar-refractivity contribution is 0.0842. The predicted octanol–water partition coefficient (Wildman–Crippen LogP) is 4.10. The number of rotatable bonds is 5. The Hall–Kier alpha value is -2.29. The molecule has 1 N–H and O–H groups in total. The number of hydrogen-bond donors (Lipinski definition) is 1. The zero-order chi connectivity index (χ0) is 20.7. The van der Waals surface area contributed by atoms with Gasteiger partial charge in [0.2, 0.25) is 0 Å². The predicted molar refractivity (Wildman–Crippen MR) is 122 cm³/mol. The molecule has 5 rings (SSSR count). The van der Waals surface area contributed by atoms with Crippen molar-refractivity contribution in [3.8, 4) is 5.13 Å². The molecule has 3 aromatic heterocycles. The van der Waals surface area contributed by atoms with Crippen LogP contribution in [0.4, 0.5) is 0 Å². The van der Waals surface area contributed by atoms with Crippen molar-refractivity contribution in [2.24, 2.45) is 0 Å². The molecule has 8 heteroatoms. The van der Waals surface area contributed by atoms with Crippen LogP contribution in [0.25, 0.3) is 5.13 Å². The zero-order valence-corrected chi connectivity index (χ0v) is 18.7. The first-order chi connectivity index (χ1) is 14.6. The van der Waals surface area contributed by atoms with Crippen LogP contribution in [0.5, 0.6) is 0 Å². The van der Waals surface area contributed by atoms with Gasteiger partial charge in [-0.05, 0) is 62.7 Å². The van der Waals surface area contributed by atoms with Crippen molar-refractivity contribution in [2.75, 3.05) is 13.2 Å². The lowest BCUT2D eigenvalue weighted by atomic mass is 9.96. The van der Waals surface area contributed by atoms with Gasteiger partial charge < -0.3 is 15.0 Å². The van der Waals surface area contributed by atoms with Crippen LogP contribution < -0.4 is 5.32 Å². The normalized spacial score (nSPS) is 23.9. The van der Waals surface area contributed by atoms with Crippen molar-refractivity contribution in [1.82, 2.24) is 24.8 Å². The molecule has 3 aromatic rings. The van der Waals surface area contributed by atoms with E-state index < -0.39 is 0 Å². The number of thiocarbonyl (C=S) groups is 1. The summed E-state index contributed by atoms with van der Waals surface area (Å²) in [6.07, 6.45) is 6.12. The molecule has 6 nitrogen and oxygen atoms in total. The molecule has 0 amide bonds. The summed E-state index contributed by atoms with van der Waals surface area (Å²) >= 11 is 7.46. The van der Waals surface area contributed by atoms with Crippen molar-refractivity contribution in [1.29, 1.82) is 0 Å². The highest BCUT2D eigenvalue weighted by atomic mass is 32.1. The topological polar surface area (TPSA) is 55.2 Å². The van der Waals surface area contributed by atoms with E-state index in [-0.39, 0.29) is 18.2 Å². The molecule has 2 saturated heterocycles. The fourth-order valence-corrected chi connectivity index (χ4v) is 5.72. The summed E-state index contributed by atoms with van der Waals surface area (Å²) in [7, 11) is 0. The molecule has 5 heterocycles. The van der Waals surface area contributed by atoms with Crippen molar-refractivity contribution in [2.45, 2.75) is 44.9 Å². The van der Waals surface area contributed by atoms with E-state index in [1.54, 1.807) is 11.3 Å².